The molecule has 43 heavy (non-hydrogen) atoms. The Labute approximate surface area is 252 Å². The number of carboxylic acid groups (broad SMARTS) is 1. The zero-order chi connectivity index (χ0) is 29.9. The number of hydrogen-bond donors (Lipinski definition) is 1. The average Bonchev–Trinajstić information content (AvgIpc) is 3.46. The van der Waals surface area contributed by atoms with Crippen molar-refractivity contribution in [2.45, 2.75) is 72.1 Å². The number of carboxylic acids is 1. The van der Waals surface area contributed by atoms with E-state index in [-0.39, 0.29) is 11.4 Å². The maximum atomic E-state index is 11.7. The van der Waals surface area contributed by atoms with Crippen molar-refractivity contribution in [1.82, 2.24) is 19.7 Å². The number of hydrogen-bond acceptors (Lipinski definition) is 7. The first-order valence-electron chi connectivity index (χ1n) is 15.3. The van der Waals surface area contributed by atoms with Gasteiger partial charge in [-0.15, -0.1) is 0 Å². The molecule has 1 fully saturated rings. The molecule has 0 unspecified atom stereocenters. The maximum Gasteiger partial charge on any atom is 0.342 e. The van der Waals surface area contributed by atoms with Crippen LogP contribution in [-0.4, -0.2) is 63.1 Å². The summed E-state index contributed by atoms with van der Waals surface area (Å²) in [5, 5.41) is 13.9. The van der Waals surface area contributed by atoms with Gasteiger partial charge in [-0.1, -0.05) is 24.3 Å². The van der Waals surface area contributed by atoms with E-state index >= 15 is 0 Å². The topological polar surface area (TPSA) is 98.9 Å². The number of aromatic nitrogens is 3. The number of carbonyl (C=O) groups is 1. The minimum absolute atomic E-state index is 0.00223. The lowest BCUT2D eigenvalue weighted by Gasteiger charge is -2.38. The minimum Gasteiger partial charge on any atom is -0.488 e. The van der Waals surface area contributed by atoms with Crippen LogP contribution >= 0.6 is 0 Å². The third-order valence-corrected chi connectivity index (χ3v) is 8.87. The number of benzene rings is 1. The van der Waals surface area contributed by atoms with Crippen molar-refractivity contribution in [2.75, 3.05) is 26.4 Å². The van der Waals surface area contributed by atoms with Gasteiger partial charge in [-0.2, -0.15) is 9.78 Å². The molecule has 2 aliphatic heterocycles. The summed E-state index contributed by atoms with van der Waals surface area (Å²) < 4.78 is 19.3. The van der Waals surface area contributed by atoms with E-state index in [9.17, 15) is 9.90 Å². The molecular weight excluding hydrogens is 544 g/mol. The van der Waals surface area contributed by atoms with Gasteiger partial charge < -0.3 is 19.3 Å². The summed E-state index contributed by atoms with van der Waals surface area (Å²) in [5.41, 5.74) is 8.33. The van der Waals surface area contributed by atoms with E-state index in [4.69, 9.17) is 19.2 Å². The first kappa shape index (κ1) is 29.1. The Hall–Kier alpha value is -3.95. The van der Waals surface area contributed by atoms with Gasteiger partial charge in [0.15, 0.2) is 5.82 Å². The van der Waals surface area contributed by atoms with Crippen molar-refractivity contribution in [3.05, 3.63) is 87.4 Å². The van der Waals surface area contributed by atoms with Crippen LogP contribution in [0.25, 0.3) is 11.4 Å². The molecule has 3 aromatic rings. The second kappa shape index (κ2) is 12.7. The van der Waals surface area contributed by atoms with Crippen molar-refractivity contribution in [3.8, 4) is 11.7 Å². The average molecular weight is 585 g/mol. The molecule has 0 spiro atoms. The van der Waals surface area contributed by atoms with Crippen LogP contribution in [0.1, 0.15) is 77.8 Å². The Balaban J connectivity index is 1.21. The molecule has 2 aromatic heterocycles. The first-order valence-corrected chi connectivity index (χ1v) is 15.3. The highest BCUT2D eigenvalue weighted by Gasteiger charge is 2.27. The van der Waals surface area contributed by atoms with E-state index < -0.39 is 5.97 Å². The van der Waals surface area contributed by atoms with Crippen LogP contribution in [0.4, 0.5) is 0 Å². The number of ether oxygens (including phenoxy) is 3. The molecule has 0 bridgehead atoms. The second-order valence-corrected chi connectivity index (χ2v) is 11.5. The Morgan fingerprint density at radius 2 is 1.95 bits per heavy atom. The molecule has 9 nitrogen and oxygen atoms in total. The van der Waals surface area contributed by atoms with Gasteiger partial charge in [0.05, 0.1) is 18.5 Å². The monoisotopic (exact) mass is 584 g/mol. The van der Waals surface area contributed by atoms with Crippen LogP contribution in [0.5, 0.6) is 5.88 Å². The zero-order valence-corrected chi connectivity index (χ0v) is 25.3. The van der Waals surface area contributed by atoms with Crippen molar-refractivity contribution >= 4 is 11.5 Å². The van der Waals surface area contributed by atoms with E-state index in [1.165, 1.54) is 38.7 Å². The lowest BCUT2D eigenvalue weighted by molar-refractivity contribution is 0.0290. The molecule has 0 saturated carbocycles. The number of allylic oxidation sites excluding steroid dienone is 3. The fourth-order valence-electron chi connectivity index (χ4n) is 6.48. The minimum atomic E-state index is -1.09. The third-order valence-electron chi connectivity index (χ3n) is 8.87. The fraction of sp³-hybridized carbons (Fsp3) is 0.441. The molecule has 1 N–H and O–H groups in total. The molecule has 1 saturated heterocycles. The second-order valence-electron chi connectivity index (χ2n) is 11.5. The number of nitrogens with zero attached hydrogens (tertiary/aromatic N) is 4. The van der Waals surface area contributed by atoms with Crippen LogP contribution in [-0.2, 0) is 29.0 Å². The first-order chi connectivity index (χ1) is 20.9. The molecule has 4 heterocycles. The van der Waals surface area contributed by atoms with Gasteiger partial charge in [0.25, 0.3) is 0 Å². The van der Waals surface area contributed by atoms with Gasteiger partial charge in [-0.25, -0.2) is 9.78 Å². The number of rotatable bonds is 9. The van der Waals surface area contributed by atoms with Gasteiger partial charge in [0.1, 0.15) is 17.9 Å². The Morgan fingerprint density at radius 1 is 1.12 bits per heavy atom. The predicted octanol–water partition coefficient (Wildman–Crippen LogP) is 5.88. The molecule has 0 amide bonds. The molecule has 6 rings (SSSR count). The Morgan fingerprint density at radius 3 is 2.74 bits per heavy atom. The Kier molecular flexibility index (Phi) is 8.63. The number of aromatic carboxylic acids is 1. The van der Waals surface area contributed by atoms with E-state index in [0.29, 0.717) is 25.1 Å². The predicted molar refractivity (Wildman–Crippen MR) is 163 cm³/mol. The molecular formula is C34H40N4O5. The van der Waals surface area contributed by atoms with Crippen molar-refractivity contribution < 1.29 is 24.1 Å². The summed E-state index contributed by atoms with van der Waals surface area (Å²) in [4.78, 5) is 19.2. The molecule has 1 aliphatic carbocycles. The van der Waals surface area contributed by atoms with E-state index in [1.54, 1.807) is 6.07 Å². The van der Waals surface area contributed by atoms with Gasteiger partial charge in [0.2, 0.25) is 5.88 Å². The summed E-state index contributed by atoms with van der Waals surface area (Å²) in [6.07, 6.45) is 8.62. The van der Waals surface area contributed by atoms with Gasteiger partial charge in [0, 0.05) is 37.9 Å². The highest BCUT2D eigenvalue weighted by Crippen LogP contribution is 2.35. The van der Waals surface area contributed by atoms with Crippen LogP contribution in [0.15, 0.2) is 53.9 Å². The van der Waals surface area contributed by atoms with E-state index in [1.807, 2.05) is 19.1 Å². The van der Waals surface area contributed by atoms with Crippen molar-refractivity contribution in [1.29, 1.82) is 0 Å². The van der Waals surface area contributed by atoms with Gasteiger partial charge in [-0.05, 0) is 92.8 Å². The zero-order valence-electron chi connectivity index (χ0n) is 25.3. The largest absolute Gasteiger partial charge is 0.488 e. The molecule has 226 valence electrons. The van der Waals surface area contributed by atoms with Crippen LogP contribution in [0.3, 0.4) is 0 Å². The SMILES string of the molecule is CCOc1c(C(=O)O)cnn1-c1cccc(C2=CCCC(C)=C2OCc2ccc3c(c2C)CCN(C2CCOCC2)C3)n1. The van der Waals surface area contributed by atoms with Gasteiger partial charge in [-0.3, -0.25) is 4.90 Å². The number of pyridine rings is 1. The molecule has 9 heteroatoms. The summed E-state index contributed by atoms with van der Waals surface area (Å²) in [6, 6.07) is 10.8. The smallest absolute Gasteiger partial charge is 0.342 e. The fourth-order valence-corrected chi connectivity index (χ4v) is 6.48. The van der Waals surface area contributed by atoms with E-state index in [2.05, 4.69) is 42.1 Å². The molecule has 1 aromatic carbocycles. The lowest BCUT2D eigenvalue weighted by Crippen LogP contribution is -2.42. The van der Waals surface area contributed by atoms with Gasteiger partial charge >= 0.3 is 5.97 Å². The normalized spacial score (nSPS) is 17.9. The molecule has 0 atom stereocenters. The highest BCUT2D eigenvalue weighted by molar-refractivity contribution is 5.90. The van der Waals surface area contributed by atoms with E-state index in [0.717, 1.165) is 75.4 Å². The van der Waals surface area contributed by atoms with Crippen molar-refractivity contribution in [2.24, 2.45) is 0 Å². The van der Waals surface area contributed by atoms with Crippen molar-refractivity contribution in [3.63, 3.8) is 0 Å². The lowest BCUT2D eigenvalue weighted by atomic mass is 9.90. The molecule has 0 radical (unpaired) electrons. The summed E-state index contributed by atoms with van der Waals surface area (Å²) in [6.45, 7) is 10.8. The quantitative estimate of drug-likeness (QED) is 0.333. The number of fused-ring (bicyclic) bond motifs is 1. The summed E-state index contributed by atoms with van der Waals surface area (Å²) >= 11 is 0. The van der Waals surface area contributed by atoms with Crippen LogP contribution in [0.2, 0.25) is 0 Å². The summed E-state index contributed by atoms with van der Waals surface area (Å²) in [5.74, 6) is 0.413. The van der Waals surface area contributed by atoms with Crippen LogP contribution < -0.4 is 4.74 Å². The third kappa shape index (κ3) is 5.96. The van der Waals surface area contributed by atoms with Crippen LogP contribution in [0, 0.1) is 6.92 Å². The maximum absolute atomic E-state index is 11.7. The molecule has 3 aliphatic rings. The standard InChI is InChI=1S/C34H40N4O5/c1-4-42-33-29(34(39)40)19-35-38(33)31-10-6-9-30(36-31)28-8-5-7-22(2)32(28)43-21-25-12-11-24-20-37(16-13-27(24)23(25)3)26-14-17-41-18-15-26/h6,8-12,19,26H,4-5,7,13-18,20-21H2,1-3H3,(H,39,40). The summed E-state index contributed by atoms with van der Waals surface area (Å²) in [7, 11) is 0. The highest BCUT2D eigenvalue weighted by atomic mass is 16.5. The Bertz CT molecular complexity index is 1570.